The Morgan fingerprint density at radius 3 is 3.04 bits per heavy atom. The molecule has 1 atom stereocenters. The van der Waals surface area contributed by atoms with Crippen LogP contribution < -0.4 is 5.32 Å². The second-order valence-electron chi connectivity index (χ2n) is 6.36. The van der Waals surface area contributed by atoms with E-state index < -0.39 is 0 Å². The maximum absolute atomic E-state index is 12.7. The van der Waals surface area contributed by atoms with Gasteiger partial charge in [-0.1, -0.05) is 6.92 Å². The van der Waals surface area contributed by atoms with Crippen LogP contribution in [-0.2, 0) is 13.0 Å². The molecule has 6 nitrogen and oxygen atoms in total. The van der Waals surface area contributed by atoms with Crippen molar-refractivity contribution in [2.24, 2.45) is 0 Å². The molecule has 1 N–H and O–H groups in total. The molecule has 0 aromatic carbocycles. The fraction of sp³-hybridized carbons (Fsp3) is 0.529. The number of nitrogens with zero attached hydrogens (tertiary/aromatic N) is 4. The molecule has 7 heteroatoms. The Hall–Kier alpha value is -1.86. The molecule has 0 unspecified atom stereocenters. The summed E-state index contributed by atoms with van der Waals surface area (Å²) in [7, 11) is 4.07. The van der Waals surface area contributed by atoms with Crippen LogP contribution in [0.4, 0.5) is 10.6 Å². The van der Waals surface area contributed by atoms with E-state index in [2.05, 4.69) is 33.7 Å². The van der Waals surface area contributed by atoms with Gasteiger partial charge >= 0.3 is 6.03 Å². The summed E-state index contributed by atoms with van der Waals surface area (Å²) in [6.07, 6.45) is 3.77. The number of hydrogen-bond acceptors (Lipinski definition) is 4. The highest BCUT2D eigenvalue weighted by Crippen LogP contribution is 2.35. The normalized spacial score (nSPS) is 17.2. The number of fused-ring (bicyclic) bond motifs is 1. The molecule has 0 saturated carbocycles. The first-order valence-electron chi connectivity index (χ1n) is 8.40. The SMILES string of the molecule is CC[C@H]1c2ccsc2CCN1C(=O)Nc1ccn(CCN(C)C)n1. The molecule has 130 valence electrons. The summed E-state index contributed by atoms with van der Waals surface area (Å²) in [4.78, 5) is 18.2. The van der Waals surface area contributed by atoms with Gasteiger partial charge in [-0.05, 0) is 43.9 Å². The zero-order chi connectivity index (χ0) is 17.1. The molecular formula is C17H25N5OS. The van der Waals surface area contributed by atoms with Gasteiger partial charge in [-0.25, -0.2) is 4.79 Å². The molecule has 2 aromatic rings. The molecule has 1 aliphatic heterocycles. The molecule has 0 spiro atoms. The van der Waals surface area contributed by atoms with Gasteiger partial charge in [0, 0.05) is 30.2 Å². The second-order valence-corrected chi connectivity index (χ2v) is 7.36. The number of anilines is 1. The Morgan fingerprint density at radius 1 is 1.46 bits per heavy atom. The molecule has 1 aliphatic rings. The number of likely N-dealkylation sites (N-methyl/N-ethyl adjacent to an activating group) is 1. The number of hydrogen-bond donors (Lipinski definition) is 1. The van der Waals surface area contributed by atoms with Gasteiger partial charge in [0.1, 0.15) is 0 Å². The van der Waals surface area contributed by atoms with E-state index in [9.17, 15) is 4.79 Å². The summed E-state index contributed by atoms with van der Waals surface area (Å²) in [6, 6.07) is 4.12. The number of nitrogens with one attached hydrogen (secondary N) is 1. The van der Waals surface area contributed by atoms with Crippen LogP contribution in [0.5, 0.6) is 0 Å². The van der Waals surface area contributed by atoms with Gasteiger partial charge < -0.3 is 9.80 Å². The van der Waals surface area contributed by atoms with Crippen molar-refractivity contribution in [2.75, 3.05) is 32.5 Å². The first-order valence-corrected chi connectivity index (χ1v) is 9.28. The van der Waals surface area contributed by atoms with Crippen molar-refractivity contribution in [3.05, 3.63) is 34.2 Å². The van der Waals surface area contributed by atoms with Crippen LogP contribution in [0, 0.1) is 0 Å². The number of aromatic nitrogens is 2. The standard InChI is InChI=1S/C17H25N5OS/c1-4-14-13-7-12-24-15(13)5-9-22(14)17(23)18-16-6-8-21(19-16)11-10-20(2)3/h6-8,12,14H,4-5,9-11H2,1-3H3,(H,18,19,23)/t14-/m0/s1. The van der Waals surface area contributed by atoms with Gasteiger partial charge in [-0.3, -0.25) is 10.00 Å². The first-order chi connectivity index (χ1) is 11.6. The highest BCUT2D eigenvalue weighted by Gasteiger charge is 2.30. The molecule has 3 heterocycles. The maximum atomic E-state index is 12.7. The number of thiophene rings is 1. The van der Waals surface area contributed by atoms with E-state index >= 15 is 0 Å². The van der Waals surface area contributed by atoms with Crippen molar-refractivity contribution in [2.45, 2.75) is 32.4 Å². The average molecular weight is 347 g/mol. The molecule has 2 aromatic heterocycles. The summed E-state index contributed by atoms with van der Waals surface area (Å²) >= 11 is 1.80. The van der Waals surface area contributed by atoms with E-state index in [-0.39, 0.29) is 12.1 Å². The molecule has 0 aliphatic carbocycles. The molecule has 0 radical (unpaired) electrons. The molecular weight excluding hydrogens is 322 g/mol. The summed E-state index contributed by atoms with van der Waals surface area (Å²) in [6.45, 7) is 4.62. The van der Waals surface area contributed by atoms with Crippen molar-refractivity contribution in [3.8, 4) is 0 Å². The van der Waals surface area contributed by atoms with Crippen molar-refractivity contribution in [1.82, 2.24) is 19.6 Å². The van der Waals surface area contributed by atoms with E-state index in [1.54, 1.807) is 11.3 Å². The molecule has 24 heavy (non-hydrogen) atoms. The van der Waals surface area contributed by atoms with Crippen molar-refractivity contribution in [1.29, 1.82) is 0 Å². The minimum atomic E-state index is -0.0587. The lowest BCUT2D eigenvalue weighted by Gasteiger charge is -2.35. The highest BCUT2D eigenvalue weighted by molar-refractivity contribution is 7.10. The van der Waals surface area contributed by atoms with Crippen molar-refractivity contribution in [3.63, 3.8) is 0 Å². The largest absolute Gasteiger partial charge is 0.323 e. The maximum Gasteiger partial charge on any atom is 0.323 e. The average Bonchev–Trinajstić information content (AvgIpc) is 3.20. The van der Waals surface area contributed by atoms with Gasteiger partial charge in [-0.15, -0.1) is 11.3 Å². The predicted octanol–water partition coefficient (Wildman–Crippen LogP) is 3.05. The Bertz CT molecular complexity index is 693. The van der Waals surface area contributed by atoms with E-state index in [1.165, 1.54) is 10.4 Å². The third-order valence-corrected chi connectivity index (χ3v) is 5.39. The predicted molar refractivity (Wildman–Crippen MR) is 97.6 cm³/mol. The molecule has 0 saturated heterocycles. The van der Waals surface area contributed by atoms with Crippen molar-refractivity contribution >= 4 is 23.2 Å². The summed E-state index contributed by atoms with van der Waals surface area (Å²) < 4.78 is 1.86. The van der Waals surface area contributed by atoms with Crippen LogP contribution in [0.15, 0.2) is 23.7 Å². The van der Waals surface area contributed by atoms with Crippen LogP contribution in [0.3, 0.4) is 0 Å². The van der Waals surface area contributed by atoms with Crippen LogP contribution in [0.1, 0.15) is 29.8 Å². The van der Waals surface area contributed by atoms with Gasteiger partial charge in [-0.2, -0.15) is 5.10 Å². The minimum absolute atomic E-state index is 0.0587. The Balaban J connectivity index is 1.65. The van der Waals surface area contributed by atoms with Gasteiger partial charge in [0.05, 0.1) is 12.6 Å². The topological polar surface area (TPSA) is 53.4 Å². The number of amides is 2. The molecule has 3 rings (SSSR count). The fourth-order valence-corrected chi connectivity index (χ4v) is 4.04. The van der Waals surface area contributed by atoms with Crippen LogP contribution in [-0.4, -0.2) is 52.8 Å². The Morgan fingerprint density at radius 2 is 2.29 bits per heavy atom. The van der Waals surface area contributed by atoms with E-state index in [1.807, 2.05) is 35.9 Å². The zero-order valence-electron chi connectivity index (χ0n) is 14.5. The quantitative estimate of drug-likeness (QED) is 0.904. The lowest BCUT2D eigenvalue weighted by Crippen LogP contribution is -2.41. The van der Waals surface area contributed by atoms with Gasteiger partial charge in [0.2, 0.25) is 0 Å². The second kappa shape index (κ2) is 7.36. The van der Waals surface area contributed by atoms with E-state index in [0.29, 0.717) is 5.82 Å². The Kier molecular flexibility index (Phi) is 5.20. The number of carbonyl (C=O) groups excluding carboxylic acids is 1. The first kappa shape index (κ1) is 17.0. The molecule has 2 amide bonds. The fourth-order valence-electron chi connectivity index (χ4n) is 3.12. The summed E-state index contributed by atoms with van der Waals surface area (Å²) in [5.41, 5.74) is 1.31. The lowest BCUT2D eigenvalue weighted by atomic mass is 9.98. The Labute approximate surface area is 147 Å². The van der Waals surface area contributed by atoms with E-state index in [0.717, 1.165) is 32.5 Å². The zero-order valence-corrected chi connectivity index (χ0v) is 15.3. The van der Waals surface area contributed by atoms with E-state index in [4.69, 9.17) is 0 Å². The highest BCUT2D eigenvalue weighted by atomic mass is 32.1. The number of carbonyl (C=O) groups is 1. The van der Waals surface area contributed by atoms with Crippen molar-refractivity contribution < 1.29 is 4.79 Å². The van der Waals surface area contributed by atoms with Gasteiger partial charge in [0.25, 0.3) is 0 Å². The number of urea groups is 1. The molecule has 0 fully saturated rings. The van der Waals surface area contributed by atoms with Crippen LogP contribution in [0.2, 0.25) is 0 Å². The monoisotopic (exact) mass is 347 g/mol. The third-order valence-electron chi connectivity index (χ3n) is 4.39. The molecule has 0 bridgehead atoms. The lowest BCUT2D eigenvalue weighted by molar-refractivity contribution is 0.181. The number of rotatable bonds is 5. The van der Waals surface area contributed by atoms with Crippen LogP contribution in [0.25, 0.3) is 0 Å². The summed E-state index contributed by atoms with van der Waals surface area (Å²) in [5, 5.41) is 9.51. The minimum Gasteiger partial charge on any atom is -0.317 e. The van der Waals surface area contributed by atoms with Crippen LogP contribution >= 0.6 is 11.3 Å². The third kappa shape index (κ3) is 3.62. The summed E-state index contributed by atoms with van der Waals surface area (Å²) in [5.74, 6) is 0.615. The van der Waals surface area contributed by atoms with Gasteiger partial charge in [0.15, 0.2) is 5.82 Å². The smallest absolute Gasteiger partial charge is 0.317 e.